The quantitative estimate of drug-likeness (QED) is 0.458. The number of ether oxygens (including phenoxy) is 2. The largest absolute Gasteiger partial charge is 0.496 e. The van der Waals surface area contributed by atoms with Crippen LogP contribution in [0.5, 0.6) is 5.75 Å². The van der Waals surface area contributed by atoms with Crippen LogP contribution in [-0.2, 0) is 11.3 Å². The van der Waals surface area contributed by atoms with E-state index >= 15 is 0 Å². The molecule has 1 fully saturated rings. The van der Waals surface area contributed by atoms with E-state index in [1.54, 1.807) is 43.6 Å². The van der Waals surface area contributed by atoms with E-state index in [4.69, 9.17) is 13.9 Å². The summed E-state index contributed by atoms with van der Waals surface area (Å²) in [5, 5.41) is 8.34. The van der Waals surface area contributed by atoms with E-state index in [0.29, 0.717) is 29.4 Å². The first-order valence-corrected chi connectivity index (χ1v) is 10.8. The summed E-state index contributed by atoms with van der Waals surface area (Å²) in [6.45, 7) is 0.309. The second kappa shape index (κ2) is 10.5. The SMILES string of the molecule is COc1cc(NC(=O)Nc2cccc(CNC(=O)OC3CCCC3)c2)ccc1-c1cnco1. The summed E-state index contributed by atoms with van der Waals surface area (Å²) in [7, 11) is 1.54. The Morgan fingerprint density at radius 3 is 2.61 bits per heavy atom. The van der Waals surface area contributed by atoms with Gasteiger partial charge in [-0.2, -0.15) is 0 Å². The molecular formula is C24H26N4O5. The Labute approximate surface area is 191 Å². The van der Waals surface area contributed by atoms with Gasteiger partial charge in [0, 0.05) is 24.0 Å². The number of anilines is 2. The third-order valence-corrected chi connectivity index (χ3v) is 5.35. The van der Waals surface area contributed by atoms with Crippen molar-refractivity contribution in [2.24, 2.45) is 0 Å². The van der Waals surface area contributed by atoms with Crippen LogP contribution >= 0.6 is 0 Å². The van der Waals surface area contributed by atoms with Gasteiger partial charge in [-0.1, -0.05) is 12.1 Å². The number of oxazole rings is 1. The highest BCUT2D eigenvalue weighted by Gasteiger charge is 2.19. The monoisotopic (exact) mass is 450 g/mol. The molecule has 3 N–H and O–H groups in total. The first-order valence-electron chi connectivity index (χ1n) is 10.8. The van der Waals surface area contributed by atoms with Gasteiger partial charge in [0.25, 0.3) is 0 Å². The van der Waals surface area contributed by atoms with Gasteiger partial charge >= 0.3 is 12.1 Å². The number of hydrogen-bond acceptors (Lipinski definition) is 6. The van der Waals surface area contributed by atoms with Gasteiger partial charge in [-0.25, -0.2) is 14.6 Å². The van der Waals surface area contributed by atoms with Crippen LogP contribution < -0.4 is 20.7 Å². The first-order chi connectivity index (χ1) is 16.1. The summed E-state index contributed by atoms with van der Waals surface area (Å²) in [5.41, 5.74) is 2.73. The van der Waals surface area contributed by atoms with Crippen molar-refractivity contribution in [1.82, 2.24) is 10.3 Å². The van der Waals surface area contributed by atoms with Gasteiger partial charge in [-0.05, 0) is 55.5 Å². The molecule has 1 aliphatic rings. The first kappa shape index (κ1) is 22.2. The van der Waals surface area contributed by atoms with Crippen molar-refractivity contribution < 1.29 is 23.5 Å². The Kier molecular flexibility index (Phi) is 7.09. The number of rotatable bonds is 7. The number of aromatic nitrogens is 1. The smallest absolute Gasteiger partial charge is 0.407 e. The molecule has 9 heteroatoms. The average molecular weight is 450 g/mol. The minimum Gasteiger partial charge on any atom is -0.496 e. The van der Waals surface area contributed by atoms with Crippen LogP contribution in [0.25, 0.3) is 11.3 Å². The molecule has 1 saturated carbocycles. The second-order valence-corrected chi connectivity index (χ2v) is 7.73. The van der Waals surface area contributed by atoms with Crippen LogP contribution in [0.3, 0.4) is 0 Å². The minimum atomic E-state index is -0.416. The molecular weight excluding hydrogens is 424 g/mol. The van der Waals surface area contributed by atoms with Gasteiger partial charge in [0.05, 0.1) is 18.9 Å². The lowest BCUT2D eigenvalue weighted by Crippen LogP contribution is -2.27. The molecule has 2 aromatic carbocycles. The molecule has 0 atom stereocenters. The highest BCUT2D eigenvalue weighted by Crippen LogP contribution is 2.32. The highest BCUT2D eigenvalue weighted by molar-refractivity contribution is 6.00. The zero-order valence-corrected chi connectivity index (χ0v) is 18.3. The van der Waals surface area contributed by atoms with E-state index in [9.17, 15) is 9.59 Å². The highest BCUT2D eigenvalue weighted by atomic mass is 16.6. The maximum absolute atomic E-state index is 12.5. The number of amides is 3. The fourth-order valence-electron chi connectivity index (χ4n) is 3.75. The molecule has 0 bridgehead atoms. The predicted octanol–water partition coefficient (Wildman–Crippen LogP) is 5.16. The summed E-state index contributed by atoms with van der Waals surface area (Å²) in [4.78, 5) is 28.4. The molecule has 1 aromatic heterocycles. The maximum atomic E-state index is 12.5. The molecule has 0 aliphatic heterocycles. The van der Waals surface area contributed by atoms with Gasteiger partial charge in [-0.3, -0.25) is 0 Å². The van der Waals surface area contributed by atoms with Gasteiger partial charge in [0.2, 0.25) is 0 Å². The van der Waals surface area contributed by atoms with Crippen molar-refractivity contribution in [3.63, 3.8) is 0 Å². The number of nitrogens with one attached hydrogen (secondary N) is 3. The third-order valence-electron chi connectivity index (χ3n) is 5.35. The van der Waals surface area contributed by atoms with Crippen LogP contribution in [0.4, 0.5) is 21.0 Å². The molecule has 1 heterocycles. The van der Waals surface area contributed by atoms with Crippen LogP contribution in [0.1, 0.15) is 31.2 Å². The van der Waals surface area contributed by atoms with E-state index in [2.05, 4.69) is 20.9 Å². The van der Waals surface area contributed by atoms with E-state index < -0.39 is 12.1 Å². The number of methoxy groups -OCH3 is 1. The molecule has 0 saturated heterocycles. The van der Waals surface area contributed by atoms with Crippen LogP contribution in [0.15, 0.2) is 59.5 Å². The van der Waals surface area contributed by atoms with E-state index in [-0.39, 0.29) is 6.10 Å². The van der Waals surface area contributed by atoms with Crippen molar-refractivity contribution >= 4 is 23.5 Å². The average Bonchev–Trinajstić information content (AvgIpc) is 3.52. The van der Waals surface area contributed by atoms with E-state index in [1.807, 2.05) is 12.1 Å². The Morgan fingerprint density at radius 1 is 1.09 bits per heavy atom. The normalized spacial score (nSPS) is 13.4. The molecule has 0 radical (unpaired) electrons. The van der Waals surface area contributed by atoms with Crippen molar-refractivity contribution in [3.8, 4) is 17.1 Å². The fourth-order valence-corrected chi connectivity index (χ4v) is 3.75. The molecule has 3 amide bonds. The number of carbonyl (C=O) groups excluding carboxylic acids is 2. The number of urea groups is 1. The number of nitrogens with zero attached hydrogens (tertiary/aromatic N) is 1. The van der Waals surface area contributed by atoms with Crippen molar-refractivity contribution in [1.29, 1.82) is 0 Å². The predicted molar refractivity (Wildman–Crippen MR) is 123 cm³/mol. The summed E-state index contributed by atoms with van der Waals surface area (Å²) >= 11 is 0. The van der Waals surface area contributed by atoms with E-state index in [0.717, 1.165) is 36.8 Å². The third kappa shape index (κ3) is 6.03. The lowest BCUT2D eigenvalue weighted by Gasteiger charge is -2.13. The number of hydrogen-bond donors (Lipinski definition) is 3. The lowest BCUT2D eigenvalue weighted by atomic mass is 10.1. The molecule has 1 aliphatic carbocycles. The Balaban J connectivity index is 1.31. The number of benzene rings is 2. The molecule has 172 valence electrons. The summed E-state index contributed by atoms with van der Waals surface area (Å²) < 4.78 is 16.1. The van der Waals surface area contributed by atoms with Gasteiger partial charge in [0.1, 0.15) is 11.9 Å². The molecule has 0 unspecified atom stereocenters. The summed E-state index contributed by atoms with van der Waals surface area (Å²) in [5.74, 6) is 1.11. The van der Waals surface area contributed by atoms with Crippen molar-refractivity contribution in [2.45, 2.75) is 38.3 Å². The second-order valence-electron chi connectivity index (χ2n) is 7.73. The van der Waals surface area contributed by atoms with Crippen molar-refractivity contribution in [2.75, 3.05) is 17.7 Å². The standard InChI is InChI=1S/C24H26N4O5/c1-31-21-12-18(9-10-20(21)22-14-25-15-32-22)28-23(29)27-17-6-4-5-16(11-17)13-26-24(30)33-19-7-2-3-8-19/h4-6,9-12,14-15,19H,2-3,7-8,13H2,1H3,(H,26,30)(H2,27,28,29). The van der Waals surface area contributed by atoms with Crippen LogP contribution in [0, 0.1) is 0 Å². The Morgan fingerprint density at radius 2 is 1.88 bits per heavy atom. The summed E-state index contributed by atoms with van der Waals surface area (Å²) in [6, 6.07) is 12.1. The van der Waals surface area contributed by atoms with Gasteiger partial charge < -0.3 is 29.8 Å². The van der Waals surface area contributed by atoms with Gasteiger partial charge in [0.15, 0.2) is 12.2 Å². The minimum absolute atomic E-state index is 0.0186. The molecule has 33 heavy (non-hydrogen) atoms. The van der Waals surface area contributed by atoms with Crippen LogP contribution in [-0.4, -0.2) is 30.3 Å². The van der Waals surface area contributed by atoms with E-state index in [1.165, 1.54) is 6.39 Å². The maximum Gasteiger partial charge on any atom is 0.407 e. The summed E-state index contributed by atoms with van der Waals surface area (Å²) in [6.07, 6.45) is 6.60. The van der Waals surface area contributed by atoms with Crippen molar-refractivity contribution in [3.05, 3.63) is 60.6 Å². The molecule has 4 rings (SSSR count). The Hall–Kier alpha value is -4.01. The lowest BCUT2D eigenvalue weighted by molar-refractivity contribution is 0.100. The topological polar surface area (TPSA) is 115 Å². The zero-order chi connectivity index (χ0) is 23.0. The molecule has 3 aromatic rings. The van der Waals surface area contributed by atoms with Gasteiger partial charge in [-0.15, -0.1) is 0 Å². The van der Waals surface area contributed by atoms with Crippen LogP contribution in [0.2, 0.25) is 0 Å². The zero-order valence-electron chi connectivity index (χ0n) is 18.3. The number of alkyl carbamates (subject to hydrolysis) is 1. The Bertz CT molecular complexity index is 1090. The molecule has 9 nitrogen and oxygen atoms in total. The number of carbonyl (C=O) groups is 2. The molecule has 0 spiro atoms. The fraction of sp³-hybridized carbons (Fsp3) is 0.292.